The fourth-order valence-electron chi connectivity index (χ4n) is 0. The summed E-state index contributed by atoms with van der Waals surface area (Å²) in [4.78, 5) is 0. The molecule has 6 radical (unpaired) electrons. The molecule has 0 saturated heterocycles. The maximum absolute atomic E-state index is 0. The summed E-state index contributed by atoms with van der Waals surface area (Å²) in [5.74, 6) is 0. The molecule has 0 aliphatic carbocycles. The number of hydrogen-bond donors (Lipinski definition) is 0. The second-order valence-electron chi connectivity index (χ2n) is 0. The van der Waals surface area contributed by atoms with E-state index in [0.717, 1.165) is 0 Å². The minimum Gasteiger partial charge on any atom is -0.197 e. The van der Waals surface area contributed by atoms with Gasteiger partial charge in [0.15, 0.2) is 0 Å². The topological polar surface area (TPSA) is 0 Å². The molecule has 0 N–H and O–H groups in total. The molecule has 0 spiro atoms. The van der Waals surface area contributed by atoms with Crippen molar-refractivity contribution in [3.05, 3.63) is 0 Å². The van der Waals surface area contributed by atoms with Crippen LogP contribution in [0.5, 0.6) is 0 Å². The predicted octanol–water partition coefficient (Wildman–Crippen LogP) is -0.423. The molecular weight excluding hydrogens is 326 g/mol. The SMILES string of the molecule is S.S.S.[In].[In]. The zero-order chi connectivity index (χ0) is 0. The zero-order valence-corrected chi connectivity index (χ0v) is 12.2. The molecule has 30 valence electrons. The standard InChI is InChI=1S/2In.3H2S/h;;3*1H2. The van der Waals surface area contributed by atoms with Crippen LogP contribution < -0.4 is 0 Å². The van der Waals surface area contributed by atoms with Crippen LogP contribution in [-0.4, -0.2) is 51.7 Å². The Morgan fingerprint density at radius 2 is 0.400 bits per heavy atom. The molecule has 0 aromatic rings. The van der Waals surface area contributed by atoms with Crippen molar-refractivity contribution >= 4 is 92.2 Å². The van der Waals surface area contributed by atoms with E-state index in [1.807, 2.05) is 0 Å². The minimum absolute atomic E-state index is 0. The predicted molar refractivity (Wildman–Crippen MR) is 42.7 cm³/mol. The second-order valence-corrected chi connectivity index (χ2v) is 0. The Morgan fingerprint density at radius 3 is 0.400 bits per heavy atom. The Labute approximate surface area is 90.8 Å². The average molecular weight is 332 g/mol. The molecule has 5 heteroatoms. The van der Waals surface area contributed by atoms with Gasteiger partial charge in [-0.1, -0.05) is 0 Å². The van der Waals surface area contributed by atoms with Gasteiger partial charge in [-0.05, 0) is 0 Å². The van der Waals surface area contributed by atoms with Crippen LogP contribution in [0.15, 0.2) is 0 Å². The van der Waals surface area contributed by atoms with Crippen LogP contribution in [0.4, 0.5) is 0 Å². The van der Waals surface area contributed by atoms with Gasteiger partial charge in [0.25, 0.3) is 0 Å². The summed E-state index contributed by atoms with van der Waals surface area (Å²) in [6.07, 6.45) is 0. The van der Waals surface area contributed by atoms with Crippen molar-refractivity contribution < 1.29 is 0 Å². The molecule has 0 heterocycles. The van der Waals surface area contributed by atoms with Crippen molar-refractivity contribution in [2.45, 2.75) is 0 Å². The Hall–Kier alpha value is 2.79. The molecule has 0 aliphatic heterocycles. The molecule has 0 saturated carbocycles. The van der Waals surface area contributed by atoms with Crippen molar-refractivity contribution in [1.29, 1.82) is 0 Å². The van der Waals surface area contributed by atoms with E-state index in [1.165, 1.54) is 0 Å². The van der Waals surface area contributed by atoms with Crippen LogP contribution in [0.2, 0.25) is 0 Å². The molecule has 5 heavy (non-hydrogen) atoms. The molecule has 0 bridgehead atoms. The largest absolute Gasteiger partial charge is 0.197 e. The van der Waals surface area contributed by atoms with E-state index in [4.69, 9.17) is 0 Å². The Morgan fingerprint density at radius 1 is 0.400 bits per heavy atom. The average Bonchev–Trinajstić information content (AvgIpc) is 0. The fraction of sp³-hybridized carbons (Fsp3) is 0. The van der Waals surface area contributed by atoms with E-state index >= 15 is 0 Å². The molecule has 0 aromatic heterocycles. The quantitative estimate of drug-likeness (QED) is 0.565. The summed E-state index contributed by atoms with van der Waals surface area (Å²) in [6.45, 7) is 0. The molecular formula is H6In2S3. The van der Waals surface area contributed by atoms with Crippen LogP contribution in [0.25, 0.3) is 0 Å². The molecule has 0 aromatic carbocycles. The summed E-state index contributed by atoms with van der Waals surface area (Å²) in [7, 11) is 0. The van der Waals surface area contributed by atoms with Gasteiger partial charge in [0.05, 0.1) is 0 Å². The maximum atomic E-state index is 0. The first-order valence-corrected chi connectivity index (χ1v) is 0. The van der Waals surface area contributed by atoms with Gasteiger partial charge < -0.3 is 0 Å². The molecule has 0 fully saturated rings. The van der Waals surface area contributed by atoms with Gasteiger partial charge in [-0.25, -0.2) is 0 Å². The van der Waals surface area contributed by atoms with Crippen LogP contribution in [-0.2, 0) is 0 Å². The summed E-state index contributed by atoms with van der Waals surface area (Å²) in [5.41, 5.74) is 0. The summed E-state index contributed by atoms with van der Waals surface area (Å²) in [6, 6.07) is 0. The normalized spacial score (nSPS) is 0. The molecule has 0 atom stereocenters. The van der Waals surface area contributed by atoms with E-state index < -0.39 is 0 Å². The molecule has 0 aliphatic rings. The third kappa shape index (κ3) is 20.0. The third-order valence-electron chi connectivity index (χ3n) is 0. The number of rotatable bonds is 0. The summed E-state index contributed by atoms with van der Waals surface area (Å²) >= 11 is 0. The first kappa shape index (κ1) is 46.1. The fourth-order valence-corrected chi connectivity index (χ4v) is 0. The van der Waals surface area contributed by atoms with Crippen molar-refractivity contribution in [2.24, 2.45) is 0 Å². The van der Waals surface area contributed by atoms with Crippen molar-refractivity contribution in [1.82, 2.24) is 0 Å². The van der Waals surface area contributed by atoms with Crippen molar-refractivity contribution in [2.75, 3.05) is 0 Å². The van der Waals surface area contributed by atoms with Gasteiger partial charge >= 0.3 is 0 Å². The summed E-state index contributed by atoms with van der Waals surface area (Å²) < 4.78 is 0. The first-order chi connectivity index (χ1) is 0. The van der Waals surface area contributed by atoms with Gasteiger partial charge in [0.1, 0.15) is 0 Å². The van der Waals surface area contributed by atoms with E-state index in [-0.39, 0.29) is 92.2 Å². The Bertz CT molecular complexity index is 4.85. The smallest absolute Gasteiger partial charge is 0 e. The van der Waals surface area contributed by atoms with Gasteiger partial charge in [-0.15, -0.1) is 0 Å². The van der Waals surface area contributed by atoms with Crippen LogP contribution in [0.3, 0.4) is 0 Å². The van der Waals surface area contributed by atoms with Crippen molar-refractivity contribution in [3.8, 4) is 0 Å². The molecule has 0 unspecified atom stereocenters. The second kappa shape index (κ2) is 29.2. The minimum atomic E-state index is 0. The Kier molecular flexibility index (Phi) is 270. The molecule has 0 rings (SSSR count). The monoisotopic (exact) mass is 332 g/mol. The van der Waals surface area contributed by atoms with E-state index in [1.54, 1.807) is 0 Å². The van der Waals surface area contributed by atoms with Gasteiger partial charge in [-0.3, -0.25) is 0 Å². The third-order valence-corrected chi connectivity index (χ3v) is 0. The van der Waals surface area contributed by atoms with Gasteiger partial charge in [0, 0.05) is 51.7 Å². The van der Waals surface area contributed by atoms with E-state index in [0.29, 0.717) is 0 Å². The van der Waals surface area contributed by atoms with E-state index in [9.17, 15) is 0 Å². The van der Waals surface area contributed by atoms with Crippen LogP contribution >= 0.6 is 40.5 Å². The van der Waals surface area contributed by atoms with Gasteiger partial charge in [0.2, 0.25) is 0 Å². The maximum Gasteiger partial charge on any atom is 0 e. The van der Waals surface area contributed by atoms with E-state index in [2.05, 4.69) is 0 Å². The van der Waals surface area contributed by atoms with Crippen molar-refractivity contribution in [3.63, 3.8) is 0 Å². The summed E-state index contributed by atoms with van der Waals surface area (Å²) in [5, 5.41) is 0. The zero-order valence-electron chi connectivity index (χ0n) is 2.65. The van der Waals surface area contributed by atoms with Crippen LogP contribution in [0.1, 0.15) is 0 Å². The molecule has 0 nitrogen and oxygen atoms in total. The van der Waals surface area contributed by atoms with Crippen LogP contribution in [0, 0.1) is 0 Å². The first-order valence-electron chi connectivity index (χ1n) is 0. The molecule has 0 amide bonds. The number of hydrogen-bond acceptors (Lipinski definition) is 0. The Balaban J connectivity index is 0. The van der Waals surface area contributed by atoms with Gasteiger partial charge in [-0.2, -0.15) is 40.5 Å².